The molecule has 114 valence electrons. The van der Waals surface area contributed by atoms with Crippen molar-refractivity contribution in [3.63, 3.8) is 0 Å². The van der Waals surface area contributed by atoms with Gasteiger partial charge in [0.25, 0.3) is 0 Å². The van der Waals surface area contributed by atoms with Gasteiger partial charge in [0.05, 0.1) is 28.5 Å². The number of anilines is 1. The van der Waals surface area contributed by atoms with Crippen molar-refractivity contribution in [1.82, 2.24) is 19.7 Å². The summed E-state index contributed by atoms with van der Waals surface area (Å²) in [5.74, 6) is 1.45. The number of nitrogens with one attached hydrogen (secondary N) is 1. The van der Waals surface area contributed by atoms with Crippen molar-refractivity contribution in [2.45, 2.75) is 33.4 Å². The topological polar surface area (TPSA) is 64.9 Å². The molecule has 7 heteroatoms. The van der Waals surface area contributed by atoms with E-state index >= 15 is 0 Å². The summed E-state index contributed by atoms with van der Waals surface area (Å²) in [5, 5.41) is 7.59. The fraction of sp³-hybridized carbons (Fsp3) is 0.500. The molecule has 0 atom stereocenters. The highest BCUT2D eigenvalue weighted by atomic mass is 79.9. The smallest absolute Gasteiger partial charge is 0.165 e. The maximum atomic E-state index is 5.22. The molecule has 0 unspecified atom stereocenters. The molecule has 0 amide bonds. The van der Waals surface area contributed by atoms with Crippen LogP contribution in [0.4, 0.5) is 5.82 Å². The van der Waals surface area contributed by atoms with Crippen LogP contribution in [0.2, 0.25) is 0 Å². The van der Waals surface area contributed by atoms with E-state index in [9.17, 15) is 0 Å². The summed E-state index contributed by atoms with van der Waals surface area (Å²) in [4.78, 5) is 9.16. The molecule has 2 aromatic heterocycles. The first-order valence-electron chi connectivity index (χ1n) is 7.01. The van der Waals surface area contributed by atoms with Crippen LogP contribution in [0, 0.1) is 0 Å². The molecule has 1 N–H and O–H groups in total. The van der Waals surface area contributed by atoms with Crippen molar-refractivity contribution in [2.75, 3.05) is 19.0 Å². The largest absolute Gasteiger partial charge is 0.378 e. The minimum atomic E-state index is 0.429. The average Bonchev–Trinajstić information content (AvgIpc) is 2.97. The normalized spacial score (nSPS) is 10.9. The first-order valence-corrected chi connectivity index (χ1v) is 7.80. The second kappa shape index (κ2) is 7.51. The number of aryl methyl sites for hydroxylation is 1. The summed E-state index contributed by atoms with van der Waals surface area (Å²) in [6, 6.07) is 0. The number of hydrogen-bond donors (Lipinski definition) is 1. The SMILES string of the molecule is CCCNc1nc(-c2cnn(CC)c2)nc(COC)c1Br. The molecule has 0 aromatic carbocycles. The second-order valence-corrected chi connectivity index (χ2v) is 5.39. The summed E-state index contributed by atoms with van der Waals surface area (Å²) in [5.41, 5.74) is 1.73. The van der Waals surface area contributed by atoms with E-state index in [1.807, 2.05) is 17.8 Å². The number of halogens is 1. The maximum Gasteiger partial charge on any atom is 0.165 e. The first-order chi connectivity index (χ1) is 10.2. The molecule has 0 saturated heterocycles. The lowest BCUT2D eigenvalue weighted by atomic mass is 10.3. The summed E-state index contributed by atoms with van der Waals surface area (Å²) < 4.78 is 7.92. The third-order valence-electron chi connectivity index (χ3n) is 2.96. The van der Waals surface area contributed by atoms with E-state index in [-0.39, 0.29) is 0 Å². The van der Waals surface area contributed by atoms with E-state index < -0.39 is 0 Å². The second-order valence-electron chi connectivity index (χ2n) is 4.60. The van der Waals surface area contributed by atoms with Crippen LogP contribution in [0.25, 0.3) is 11.4 Å². The van der Waals surface area contributed by atoms with Gasteiger partial charge >= 0.3 is 0 Å². The van der Waals surface area contributed by atoms with Crippen LogP contribution in [-0.4, -0.2) is 33.4 Å². The monoisotopic (exact) mass is 353 g/mol. The molecule has 2 rings (SSSR count). The van der Waals surface area contributed by atoms with E-state index in [1.54, 1.807) is 13.3 Å². The Morgan fingerprint density at radius 1 is 1.33 bits per heavy atom. The molecule has 0 fully saturated rings. The van der Waals surface area contributed by atoms with Gasteiger partial charge in [-0.2, -0.15) is 5.10 Å². The summed E-state index contributed by atoms with van der Waals surface area (Å²) in [6.45, 7) is 6.27. The van der Waals surface area contributed by atoms with Crippen LogP contribution in [0.5, 0.6) is 0 Å². The Bertz CT molecular complexity index is 599. The number of ether oxygens (including phenoxy) is 1. The van der Waals surface area contributed by atoms with Gasteiger partial charge in [0.15, 0.2) is 5.82 Å². The van der Waals surface area contributed by atoms with Gasteiger partial charge in [0.1, 0.15) is 5.82 Å². The highest BCUT2D eigenvalue weighted by Crippen LogP contribution is 2.27. The van der Waals surface area contributed by atoms with E-state index in [1.165, 1.54) is 0 Å². The Morgan fingerprint density at radius 2 is 2.14 bits per heavy atom. The Hall–Kier alpha value is -1.47. The van der Waals surface area contributed by atoms with Gasteiger partial charge in [0, 0.05) is 26.4 Å². The molecule has 0 saturated carbocycles. The van der Waals surface area contributed by atoms with Crippen LogP contribution in [0.1, 0.15) is 26.0 Å². The molecule has 0 aliphatic rings. The molecular formula is C14H20BrN5O. The van der Waals surface area contributed by atoms with Crippen molar-refractivity contribution in [3.05, 3.63) is 22.6 Å². The molecule has 21 heavy (non-hydrogen) atoms. The van der Waals surface area contributed by atoms with Gasteiger partial charge in [-0.25, -0.2) is 9.97 Å². The molecule has 6 nitrogen and oxygen atoms in total. The van der Waals surface area contributed by atoms with E-state index in [2.05, 4.69) is 43.2 Å². The Labute approximate surface area is 133 Å². The molecule has 0 spiro atoms. The maximum absolute atomic E-state index is 5.22. The minimum Gasteiger partial charge on any atom is -0.378 e. The fourth-order valence-electron chi connectivity index (χ4n) is 1.87. The molecule has 2 aromatic rings. The molecule has 0 aliphatic heterocycles. The van der Waals surface area contributed by atoms with Crippen LogP contribution in [-0.2, 0) is 17.9 Å². The third-order valence-corrected chi connectivity index (χ3v) is 3.79. The van der Waals surface area contributed by atoms with E-state index in [0.29, 0.717) is 12.4 Å². The minimum absolute atomic E-state index is 0.429. The zero-order valence-corrected chi connectivity index (χ0v) is 14.1. The van der Waals surface area contributed by atoms with Gasteiger partial charge in [0.2, 0.25) is 0 Å². The van der Waals surface area contributed by atoms with E-state index in [0.717, 1.165) is 41.1 Å². The van der Waals surface area contributed by atoms with Gasteiger partial charge in [-0.3, -0.25) is 4.68 Å². The summed E-state index contributed by atoms with van der Waals surface area (Å²) in [7, 11) is 1.66. The number of hydrogen-bond acceptors (Lipinski definition) is 5. The number of aromatic nitrogens is 4. The Morgan fingerprint density at radius 3 is 2.76 bits per heavy atom. The predicted molar refractivity (Wildman–Crippen MR) is 86.1 cm³/mol. The summed E-state index contributed by atoms with van der Waals surface area (Å²) in [6.07, 6.45) is 4.76. The van der Waals surface area contributed by atoms with Crippen LogP contribution in [0.3, 0.4) is 0 Å². The lowest BCUT2D eigenvalue weighted by molar-refractivity contribution is 0.181. The lowest BCUT2D eigenvalue weighted by Gasteiger charge is -2.11. The van der Waals surface area contributed by atoms with Crippen molar-refractivity contribution in [3.8, 4) is 11.4 Å². The Balaban J connectivity index is 2.41. The standard InChI is InChI=1S/C14H20BrN5O/c1-4-6-16-14-12(15)11(9-21-3)18-13(19-14)10-7-17-20(5-2)8-10/h7-8H,4-6,9H2,1-3H3,(H,16,18,19). The van der Waals surface area contributed by atoms with Crippen molar-refractivity contribution >= 4 is 21.7 Å². The number of nitrogens with zero attached hydrogens (tertiary/aromatic N) is 4. The first kappa shape index (κ1) is 15.9. The predicted octanol–water partition coefficient (Wildman–Crippen LogP) is 3.09. The lowest BCUT2D eigenvalue weighted by Crippen LogP contribution is -2.08. The van der Waals surface area contributed by atoms with Gasteiger partial charge in [-0.05, 0) is 29.3 Å². The van der Waals surface area contributed by atoms with Crippen LogP contribution in [0.15, 0.2) is 16.9 Å². The molecule has 0 bridgehead atoms. The van der Waals surface area contributed by atoms with Crippen molar-refractivity contribution in [1.29, 1.82) is 0 Å². The van der Waals surface area contributed by atoms with Crippen molar-refractivity contribution < 1.29 is 4.74 Å². The fourth-order valence-corrected chi connectivity index (χ4v) is 2.30. The average molecular weight is 354 g/mol. The van der Waals surface area contributed by atoms with Crippen molar-refractivity contribution in [2.24, 2.45) is 0 Å². The number of methoxy groups -OCH3 is 1. The van der Waals surface area contributed by atoms with Crippen LogP contribution < -0.4 is 5.32 Å². The Kier molecular flexibility index (Phi) is 5.69. The quantitative estimate of drug-likeness (QED) is 0.828. The van der Waals surface area contributed by atoms with Gasteiger partial charge in [-0.15, -0.1) is 0 Å². The number of rotatable bonds is 7. The highest BCUT2D eigenvalue weighted by Gasteiger charge is 2.14. The summed E-state index contributed by atoms with van der Waals surface area (Å²) >= 11 is 3.55. The molecular weight excluding hydrogens is 334 g/mol. The molecule has 0 radical (unpaired) electrons. The van der Waals surface area contributed by atoms with Gasteiger partial charge in [-0.1, -0.05) is 6.92 Å². The third kappa shape index (κ3) is 3.79. The van der Waals surface area contributed by atoms with E-state index in [4.69, 9.17) is 4.74 Å². The zero-order chi connectivity index (χ0) is 15.2. The molecule has 2 heterocycles. The molecule has 0 aliphatic carbocycles. The zero-order valence-electron chi connectivity index (χ0n) is 12.6. The van der Waals surface area contributed by atoms with Gasteiger partial charge < -0.3 is 10.1 Å². The van der Waals surface area contributed by atoms with Crippen LogP contribution >= 0.6 is 15.9 Å². The highest BCUT2D eigenvalue weighted by molar-refractivity contribution is 9.10.